The second-order valence-electron chi connectivity index (χ2n) is 4.23. The van der Waals surface area contributed by atoms with E-state index in [1.54, 1.807) is 6.20 Å². The predicted octanol–water partition coefficient (Wildman–Crippen LogP) is 1.76. The molecule has 0 fully saturated rings. The molecule has 19 heavy (non-hydrogen) atoms. The number of carbonyl (C=O) groups is 1. The highest BCUT2D eigenvalue weighted by Crippen LogP contribution is 2.26. The van der Waals surface area contributed by atoms with Crippen LogP contribution >= 0.6 is 0 Å². The minimum absolute atomic E-state index is 0.0490. The van der Waals surface area contributed by atoms with Gasteiger partial charge in [-0.3, -0.25) is 9.78 Å². The van der Waals surface area contributed by atoms with Gasteiger partial charge < -0.3 is 16.4 Å². The Labute approximate surface area is 112 Å². The number of rotatable bonds is 5. The number of benzene rings is 1. The summed E-state index contributed by atoms with van der Waals surface area (Å²) < 4.78 is 0. The summed E-state index contributed by atoms with van der Waals surface area (Å²) in [5, 5.41) is 6.99. The molecule has 5 heteroatoms. The van der Waals surface area contributed by atoms with Gasteiger partial charge in [0.05, 0.1) is 11.2 Å². The van der Waals surface area contributed by atoms with Crippen LogP contribution in [0.15, 0.2) is 30.5 Å². The first-order chi connectivity index (χ1) is 9.22. The maximum Gasteiger partial charge on any atom is 0.221 e. The van der Waals surface area contributed by atoms with Crippen molar-refractivity contribution in [3.05, 3.63) is 30.5 Å². The number of nitrogens with zero attached hydrogens (tertiary/aromatic N) is 1. The van der Waals surface area contributed by atoms with Crippen LogP contribution in [0.5, 0.6) is 0 Å². The fourth-order valence-electron chi connectivity index (χ4n) is 1.94. The van der Waals surface area contributed by atoms with Crippen LogP contribution in [0.4, 0.5) is 11.4 Å². The minimum atomic E-state index is 0.0490. The largest absolute Gasteiger partial charge is 0.397 e. The zero-order chi connectivity index (χ0) is 13.7. The monoisotopic (exact) mass is 258 g/mol. The molecular formula is C14H18N4O. The molecule has 0 saturated heterocycles. The second-order valence-corrected chi connectivity index (χ2v) is 4.23. The van der Waals surface area contributed by atoms with E-state index >= 15 is 0 Å². The van der Waals surface area contributed by atoms with Crippen molar-refractivity contribution in [1.29, 1.82) is 0 Å². The lowest BCUT2D eigenvalue weighted by atomic mass is 10.1. The number of fused-ring (bicyclic) bond motifs is 1. The fraction of sp³-hybridized carbons (Fsp3) is 0.286. The van der Waals surface area contributed by atoms with Crippen LogP contribution in [-0.4, -0.2) is 24.0 Å². The average molecular weight is 258 g/mol. The Balaban J connectivity index is 2.09. The molecule has 2 aromatic rings. The third kappa shape index (κ3) is 3.13. The van der Waals surface area contributed by atoms with Gasteiger partial charge in [-0.25, -0.2) is 0 Å². The molecule has 0 aliphatic carbocycles. The number of carbonyl (C=O) groups excluding carboxylic acids is 1. The lowest BCUT2D eigenvalue weighted by molar-refractivity contribution is -0.120. The van der Waals surface area contributed by atoms with Crippen LogP contribution in [0.3, 0.4) is 0 Å². The van der Waals surface area contributed by atoms with Crippen LogP contribution in [-0.2, 0) is 4.79 Å². The van der Waals surface area contributed by atoms with Crippen molar-refractivity contribution in [1.82, 2.24) is 10.3 Å². The van der Waals surface area contributed by atoms with Crippen molar-refractivity contribution in [2.24, 2.45) is 0 Å². The molecule has 2 rings (SSSR count). The first-order valence-corrected chi connectivity index (χ1v) is 6.36. The summed E-state index contributed by atoms with van der Waals surface area (Å²) in [6.07, 6.45) is 2.16. The molecule has 1 aromatic heterocycles. The quantitative estimate of drug-likeness (QED) is 0.714. The van der Waals surface area contributed by atoms with E-state index in [9.17, 15) is 4.79 Å². The van der Waals surface area contributed by atoms with Crippen LogP contribution < -0.4 is 16.4 Å². The number of pyridine rings is 1. The third-order valence-electron chi connectivity index (χ3n) is 2.84. The van der Waals surface area contributed by atoms with Crippen LogP contribution in [0.2, 0.25) is 0 Å². The number of amides is 1. The molecular weight excluding hydrogens is 240 g/mol. The molecule has 0 aliphatic heterocycles. The highest BCUT2D eigenvalue weighted by atomic mass is 16.1. The molecule has 0 radical (unpaired) electrons. The highest BCUT2D eigenvalue weighted by Gasteiger charge is 2.05. The molecule has 1 heterocycles. The molecule has 0 unspecified atom stereocenters. The van der Waals surface area contributed by atoms with Gasteiger partial charge in [0.1, 0.15) is 0 Å². The Bertz CT molecular complexity index is 583. The number of hydrogen-bond acceptors (Lipinski definition) is 4. The van der Waals surface area contributed by atoms with E-state index in [1.807, 2.05) is 31.2 Å². The van der Waals surface area contributed by atoms with E-state index in [0.717, 1.165) is 16.6 Å². The van der Waals surface area contributed by atoms with E-state index in [-0.39, 0.29) is 5.91 Å². The predicted molar refractivity (Wildman–Crippen MR) is 77.9 cm³/mol. The van der Waals surface area contributed by atoms with Crippen molar-refractivity contribution in [3.63, 3.8) is 0 Å². The van der Waals surface area contributed by atoms with E-state index in [0.29, 0.717) is 25.2 Å². The topological polar surface area (TPSA) is 80.0 Å². The van der Waals surface area contributed by atoms with Crippen molar-refractivity contribution >= 4 is 28.2 Å². The molecule has 0 spiro atoms. The summed E-state index contributed by atoms with van der Waals surface area (Å²) in [6, 6.07) is 7.57. The number of nitrogen functional groups attached to an aromatic ring is 1. The van der Waals surface area contributed by atoms with E-state index in [1.165, 1.54) is 0 Å². The molecule has 4 N–H and O–H groups in total. The summed E-state index contributed by atoms with van der Waals surface area (Å²) in [5.74, 6) is 0.0490. The average Bonchev–Trinajstić information content (AvgIpc) is 2.42. The summed E-state index contributed by atoms with van der Waals surface area (Å²) in [7, 11) is 0. The van der Waals surface area contributed by atoms with E-state index < -0.39 is 0 Å². The van der Waals surface area contributed by atoms with Crippen molar-refractivity contribution < 1.29 is 4.79 Å². The molecule has 0 aliphatic rings. The first-order valence-electron chi connectivity index (χ1n) is 6.36. The van der Waals surface area contributed by atoms with Gasteiger partial charge in [0.15, 0.2) is 0 Å². The molecule has 100 valence electrons. The summed E-state index contributed by atoms with van der Waals surface area (Å²) in [6.45, 7) is 3.15. The number of nitrogens with one attached hydrogen (secondary N) is 2. The lowest BCUT2D eigenvalue weighted by Gasteiger charge is -2.10. The Morgan fingerprint density at radius 1 is 1.37 bits per heavy atom. The van der Waals surface area contributed by atoms with Crippen LogP contribution in [0.1, 0.15) is 13.3 Å². The van der Waals surface area contributed by atoms with E-state index in [2.05, 4.69) is 15.6 Å². The number of anilines is 2. The first kappa shape index (κ1) is 13.1. The maximum absolute atomic E-state index is 11.4. The van der Waals surface area contributed by atoms with Gasteiger partial charge in [-0.1, -0.05) is 0 Å². The Morgan fingerprint density at radius 3 is 3.00 bits per heavy atom. The molecule has 0 atom stereocenters. The second kappa shape index (κ2) is 6.04. The van der Waals surface area contributed by atoms with Gasteiger partial charge in [-0.2, -0.15) is 0 Å². The standard InChI is InChI=1S/C14H18N4O/c1-2-16-13(19)7-9-17-12-6-5-11(15)14-10(12)4-3-8-18-14/h3-6,8,17H,2,7,9,15H2,1H3,(H,16,19). The van der Waals surface area contributed by atoms with Gasteiger partial charge in [0.25, 0.3) is 0 Å². The molecule has 1 aromatic carbocycles. The Kier molecular flexibility index (Phi) is 4.18. The molecule has 0 bridgehead atoms. The molecule has 1 amide bonds. The van der Waals surface area contributed by atoms with Gasteiger partial charge >= 0.3 is 0 Å². The number of aromatic nitrogens is 1. The SMILES string of the molecule is CCNC(=O)CCNc1ccc(N)c2ncccc12. The Hall–Kier alpha value is -2.30. The molecule has 0 saturated carbocycles. The van der Waals surface area contributed by atoms with Crippen molar-refractivity contribution in [2.75, 3.05) is 24.1 Å². The zero-order valence-electron chi connectivity index (χ0n) is 10.9. The number of nitrogens with two attached hydrogens (primary N) is 1. The summed E-state index contributed by atoms with van der Waals surface area (Å²) in [5.41, 5.74) is 8.27. The van der Waals surface area contributed by atoms with Crippen molar-refractivity contribution in [2.45, 2.75) is 13.3 Å². The fourth-order valence-corrected chi connectivity index (χ4v) is 1.94. The lowest BCUT2D eigenvalue weighted by Crippen LogP contribution is -2.24. The van der Waals surface area contributed by atoms with Gasteiger partial charge in [0, 0.05) is 36.8 Å². The maximum atomic E-state index is 11.4. The van der Waals surface area contributed by atoms with Crippen LogP contribution in [0, 0.1) is 0 Å². The van der Waals surface area contributed by atoms with E-state index in [4.69, 9.17) is 5.73 Å². The van der Waals surface area contributed by atoms with Crippen LogP contribution in [0.25, 0.3) is 10.9 Å². The normalized spacial score (nSPS) is 10.4. The summed E-state index contributed by atoms with van der Waals surface area (Å²) in [4.78, 5) is 15.6. The van der Waals surface area contributed by atoms with Gasteiger partial charge in [0.2, 0.25) is 5.91 Å². The third-order valence-corrected chi connectivity index (χ3v) is 2.84. The van der Waals surface area contributed by atoms with Crippen molar-refractivity contribution in [3.8, 4) is 0 Å². The Morgan fingerprint density at radius 2 is 2.21 bits per heavy atom. The molecule has 5 nitrogen and oxygen atoms in total. The minimum Gasteiger partial charge on any atom is -0.397 e. The smallest absolute Gasteiger partial charge is 0.221 e. The van der Waals surface area contributed by atoms with Gasteiger partial charge in [-0.05, 0) is 31.2 Å². The van der Waals surface area contributed by atoms with Gasteiger partial charge in [-0.15, -0.1) is 0 Å². The zero-order valence-corrected chi connectivity index (χ0v) is 10.9. The highest BCUT2D eigenvalue weighted by molar-refractivity contribution is 5.98. The summed E-state index contributed by atoms with van der Waals surface area (Å²) >= 11 is 0. The number of hydrogen-bond donors (Lipinski definition) is 3.